The normalized spacial score (nSPS) is 11.8. The molecule has 0 spiro atoms. The van der Waals surface area contributed by atoms with E-state index < -0.39 is 8.60 Å². The van der Waals surface area contributed by atoms with Gasteiger partial charge in [0.25, 0.3) is 0 Å². The number of thioether (sulfide) groups is 3. The highest BCUT2D eigenvalue weighted by atomic mass is 32.2. The Kier molecular flexibility index (Phi) is 48.7. The summed E-state index contributed by atoms with van der Waals surface area (Å²) in [5, 5.41) is 0. The van der Waals surface area contributed by atoms with Gasteiger partial charge in [-0.05, 0) is 36.5 Å². The molecule has 0 aromatic carbocycles. The van der Waals surface area contributed by atoms with Crippen LogP contribution >= 0.6 is 43.9 Å². The molecule has 0 unspecified atom stereocenters. The van der Waals surface area contributed by atoms with Crippen LogP contribution in [0.25, 0.3) is 0 Å². The fourth-order valence-electron chi connectivity index (χ4n) is 6.00. The molecule has 0 aliphatic heterocycles. The van der Waals surface area contributed by atoms with Crippen molar-refractivity contribution in [3.8, 4) is 0 Å². The van der Waals surface area contributed by atoms with Crippen molar-refractivity contribution >= 4 is 43.9 Å². The average molecular weight is 767 g/mol. The smallest absolute Gasteiger partial charge is 0.311 e. The molecule has 0 aliphatic rings. The Labute approximate surface area is 323 Å². The Morgan fingerprint density at radius 3 is 0.694 bits per heavy atom. The van der Waals surface area contributed by atoms with Crippen LogP contribution in [0.15, 0.2) is 0 Å². The molecule has 7 heteroatoms. The van der Waals surface area contributed by atoms with Crippen molar-refractivity contribution < 1.29 is 13.6 Å². The van der Waals surface area contributed by atoms with Gasteiger partial charge in [-0.25, -0.2) is 0 Å². The van der Waals surface area contributed by atoms with E-state index in [0.29, 0.717) is 0 Å². The van der Waals surface area contributed by atoms with Gasteiger partial charge in [-0.15, -0.1) is 0 Å². The minimum atomic E-state index is -1.22. The van der Waals surface area contributed by atoms with Gasteiger partial charge < -0.3 is 13.6 Å². The molecule has 0 amide bonds. The van der Waals surface area contributed by atoms with Crippen LogP contribution in [-0.4, -0.2) is 54.3 Å². The molecule has 49 heavy (non-hydrogen) atoms. The minimum absolute atomic E-state index is 0.742. The molecule has 0 aromatic heterocycles. The SMILES string of the molecule is CCCCCCCCCCCCSCCOP(OCCSCCCCCCCCCCCC)OCCSCCCCCCCCCCCC. The van der Waals surface area contributed by atoms with E-state index in [9.17, 15) is 0 Å². The number of rotatable bonds is 45. The van der Waals surface area contributed by atoms with E-state index >= 15 is 0 Å². The average Bonchev–Trinajstić information content (AvgIpc) is 3.11. The van der Waals surface area contributed by atoms with E-state index in [-0.39, 0.29) is 0 Å². The van der Waals surface area contributed by atoms with Gasteiger partial charge in [-0.2, -0.15) is 35.3 Å². The predicted octanol–water partition coefficient (Wildman–Crippen LogP) is 16.2. The second-order valence-electron chi connectivity index (χ2n) is 14.1. The quantitative estimate of drug-likeness (QED) is 0.0453. The van der Waals surface area contributed by atoms with Gasteiger partial charge in [0.05, 0.1) is 19.8 Å². The van der Waals surface area contributed by atoms with Crippen LogP contribution < -0.4 is 0 Å². The van der Waals surface area contributed by atoms with Gasteiger partial charge >= 0.3 is 8.60 Å². The Morgan fingerprint density at radius 1 is 0.265 bits per heavy atom. The highest BCUT2D eigenvalue weighted by molar-refractivity contribution is 7.99. The fourth-order valence-corrected chi connectivity index (χ4v) is 9.76. The summed E-state index contributed by atoms with van der Waals surface area (Å²) in [6.45, 7) is 9.12. The molecular formula is C42H87O3PS3. The van der Waals surface area contributed by atoms with Crippen molar-refractivity contribution in [1.29, 1.82) is 0 Å². The summed E-state index contributed by atoms with van der Waals surface area (Å²) in [7, 11) is -1.22. The zero-order valence-electron chi connectivity index (χ0n) is 33.5. The van der Waals surface area contributed by atoms with E-state index in [1.165, 1.54) is 210 Å². The van der Waals surface area contributed by atoms with E-state index in [1.54, 1.807) is 0 Å². The highest BCUT2D eigenvalue weighted by Crippen LogP contribution is 2.40. The van der Waals surface area contributed by atoms with Crippen molar-refractivity contribution in [3.63, 3.8) is 0 Å². The van der Waals surface area contributed by atoms with Crippen molar-refractivity contribution in [2.24, 2.45) is 0 Å². The molecule has 0 fully saturated rings. The van der Waals surface area contributed by atoms with Crippen LogP contribution in [0.1, 0.15) is 213 Å². The molecule has 0 N–H and O–H groups in total. The summed E-state index contributed by atoms with van der Waals surface area (Å²) in [5.41, 5.74) is 0. The fraction of sp³-hybridized carbons (Fsp3) is 1.00. The van der Waals surface area contributed by atoms with Crippen molar-refractivity contribution in [2.45, 2.75) is 213 Å². The van der Waals surface area contributed by atoms with E-state index in [4.69, 9.17) is 13.6 Å². The number of unbranched alkanes of at least 4 members (excludes halogenated alkanes) is 27. The molecule has 0 radical (unpaired) electrons. The third-order valence-electron chi connectivity index (χ3n) is 9.20. The summed E-state index contributed by atoms with van der Waals surface area (Å²) >= 11 is 6.11. The van der Waals surface area contributed by atoms with Gasteiger partial charge in [-0.3, -0.25) is 0 Å². The van der Waals surface area contributed by atoms with E-state index in [1.807, 2.05) is 35.3 Å². The van der Waals surface area contributed by atoms with Gasteiger partial charge in [0, 0.05) is 17.3 Å². The maximum atomic E-state index is 6.15. The van der Waals surface area contributed by atoms with Gasteiger partial charge in [0.15, 0.2) is 0 Å². The highest BCUT2D eigenvalue weighted by Gasteiger charge is 2.12. The predicted molar refractivity (Wildman–Crippen MR) is 232 cm³/mol. The van der Waals surface area contributed by atoms with Crippen LogP contribution in [0.3, 0.4) is 0 Å². The molecule has 0 aliphatic carbocycles. The summed E-state index contributed by atoms with van der Waals surface area (Å²) in [4.78, 5) is 0. The first-order valence-corrected chi connectivity index (χ1v) is 26.3. The molecule has 0 saturated carbocycles. The molecule has 3 nitrogen and oxygen atoms in total. The second-order valence-corrected chi connectivity index (χ2v) is 19.0. The first kappa shape index (κ1) is 50.4. The summed E-state index contributed by atoms with van der Waals surface area (Å²) in [6, 6.07) is 0. The molecule has 0 aromatic rings. The lowest BCUT2D eigenvalue weighted by atomic mass is 10.1. The maximum absolute atomic E-state index is 6.15. The lowest BCUT2D eigenvalue weighted by Crippen LogP contribution is -2.04. The molecule has 296 valence electrons. The number of hydrogen-bond donors (Lipinski definition) is 0. The van der Waals surface area contributed by atoms with Crippen LogP contribution in [0.4, 0.5) is 0 Å². The lowest BCUT2D eigenvalue weighted by Gasteiger charge is -2.17. The van der Waals surface area contributed by atoms with Crippen LogP contribution in [0.2, 0.25) is 0 Å². The van der Waals surface area contributed by atoms with Crippen LogP contribution in [0, 0.1) is 0 Å². The first-order chi connectivity index (χ1) is 24.3. The summed E-state index contributed by atoms with van der Waals surface area (Å²) in [6.07, 6.45) is 42.2. The van der Waals surface area contributed by atoms with Gasteiger partial charge in [0.1, 0.15) is 0 Å². The Bertz CT molecular complexity index is 499. The standard InChI is InChI=1S/C42H87O3PS3/c1-4-7-10-13-16-19-22-25-28-31-37-47-40-34-43-46(44-35-41-48-38-32-29-26-23-20-17-14-11-8-5-2)45-36-42-49-39-33-30-27-24-21-18-15-12-9-6-3/h4-42H2,1-3H3. The minimum Gasteiger partial charge on any atom is -0.311 e. The Morgan fingerprint density at radius 2 is 0.469 bits per heavy atom. The molecule has 0 atom stereocenters. The van der Waals surface area contributed by atoms with Crippen molar-refractivity contribution in [3.05, 3.63) is 0 Å². The van der Waals surface area contributed by atoms with Crippen molar-refractivity contribution in [2.75, 3.05) is 54.3 Å². The lowest BCUT2D eigenvalue weighted by molar-refractivity contribution is 0.179. The zero-order chi connectivity index (χ0) is 35.4. The van der Waals surface area contributed by atoms with Crippen LogP contribution in [-0.2, 0) is 13.6 Å². The Hall–Kier alpha value is 1.36. The maximum Gasteiger partial charge on any atom is 0.332 e. The monoisotopic (exact) mass is 767 g/mol. The Balaban J connectivity index is 3.93. The van der Waals surface area contributed by atoms with Crippen LogP contribution in [0.5, 0.6) is 0 Å². The third kappa shape index (κ3) is 45.4. The number of hydrogen-bond acceptors (Lipinski definition) is 6. The molecule has 0 saturated heterocycles. The van der Waals surface area contributed by atoms with Gasteiger partial charge in [0.2, 0.25) is 0 Å². The van der Waals surface area contributed by atoms with Gasteiger partial charge in [-0.1, -0.05) is 194 Å². The second kappa shape index (κ2) is 47.4. The molecule has 0 rings (SSSR count). The van der Waals surface area contributed by atoms with E-state index in [2.05, 4.69) is 20.8 Å². The van der Waals surface area contributed by atoms with E-state index in [0.717, 1.165) is 37.1 Å². The zero-order valence-corrected chi connectivity index (χ0v) is 36.8. The molecule has 0 bridgehead atoms. The summed E-state index contributed by atoms with van der Waals surface area (Å²) < 4.78 is 18.4. The topological polar surface area (TPSA) is 27.7 Å². The molecule has 0 heterocycles. The largest absolute Gasteiger partial charge is 0.332 e. The summed E-state index contributed by atoms with van der Waals surface area (Å²) in [5.74, 6) is 6.90. The first-order valence-electron chi connectivity index (χ1n) is 21.8. The van der Waals surface area contributed by atoms with Crippen molar-refractivity contribution in [1.82, 2.24) is 0 Å². The third-order valence-corrected chi connectivity index (χ3v) is 13.5. The molecular weight excluding hydrogens is 680 g/mol.